The van der Waals surface area contributed by atoms with Crippen LogP contribution < -0.4 is 15.0 Å². The van der Waals surface area contributed by atoms with Gasteiger partial charge in [-0.1, -0.05) is 25.7 Å². The summed E-state index contributed by atoms with van der Waals surface area (Å²) in [5, 5.41) is 3.02. The van der Waals surface area contributed by atoms with Crippen molar-refractivity contribution in [3.05, 3.63) is 18.3 Å². The van der Waals surface area contributed by atoms with Crippen LogP contribution in [0.5, 0.6) is 5.75 Å². The Balaban J connectivity index is 1.80. The molecular weight excluding hydrogens is 294 g/mol. The van der Waals surface area contributed by atoms with Crippen LogP contribution in [0.2, 0.25) is 0 Å². The maximum atomic E-state index is 12.8. The minimum Gasteiger partial charge on any atom is -0.464 e. The summed E-state index contributed by atoms with van der Waals surface area (Å²) >= 11 is 0. The maximum absolute atomic E-state index is 12.8. The Morgan fingerprint density at radius 3 is 2.74 bits per heavy atom. The molecule has 1 aliphatic carbocycles. The van der Waals surface area contributed by atoms with Crippen molar-refractivity contribution in [3.8, 4) is 5.75 Å². The highest BCUT2D eigenvalue weighted by molar-refractivity contribution is 6.15. The summed E-state index contributed by atoms with van der Waals surface area (Å²) in [6, 6.07) is 3.58. The quantitative estimate of drug-likeness (QED) is 0.669. The van der Waals surface area contributed by atoms with Gasteiger partial charge in [-0.3, -0.25) is 14.5 Å². The highest BCUT2D eigenvalue weighted by Gasteiger charge is 2.50. The molecule has 0 bridgehead atoms. The molecule has 23 heavy (non-hydrogen) atoms. The molecule has 0 radical (unpaired) electrons. The summed E-state index contributed by atoms with van der Waals surface area (Å²) in [6.07, 6.45) is 8.17. The van der Waals surface area contributed by atoms with Gasteiger partial charge in [-0.25, -0.2) is 4.98 Å². The van der Waals surface area contributed by atoms with Crippen LogP contribution in [0.25, 0.3) is 0 Å². The second-order valence-corrected chi connectivity index (χ2v) is 6.49. The van der Waals surface area contributed by atoms with Crippen LogP contribution in [0.4, 0.5) is 5.82 Å². The van der Waals surface area contributed by atoms with E-state index in [1.165, 1.54) is 24.7 Å². The molecule has 2 amide bonds. The van der Waals surface area contributed by atoms with Gasteiger partial charge in [-0.05, 0) is 31.9 Å². The van der Waals surface area contributed by atoms with Crippen LogP contribution in [-0.4, -0.2) is 35.5 Å². The summed E-state index contributed by atoms with van der Waals surface area (Å²) in [7, 11) is 1.62. The van der Waals surface area contributed by atoms with Gasteiger partial charge in [0.1, 0.15) is 0 Å². The highest BCUT2D eigenvalue weighted by Crippen LogP contribution is 2.35. The zero-order valence-electron chi connectivity index (χ0n) is 13.7. The predicted octanol–water partition coefficient (Wildman–Crippen LogP) is 2.03. The molecule has 6 heteroatoms. The van der Waals surface area contributed by atoms with Crippen LogP contribution in [0.15, 0.2) is 18.3 Å². The number of carbonyl (C=O) groups excluding carboxylic acids is 2. The number of carbonyl (C=O) groups is 2. The minimum absolute atomic E-state index is 0.124. The number of rotatable bonds is 2. The zero-order valence-corrected chi connectivity index (χ0v) is 13.7. The van der Waals surface area contributed by atoms with E-state index < -0.39 is 11.5 Å². The van der Waals surface area contributed by atoms with Gasteiger partial charge < -0.3 is 10.1 Å². The highest BCUT2D eigenvalue weighted by atomic mass is 16.5. The van der Waals surface area contributed by atoms with E-state index in [-0.39, 0.29) is 11.9 Å². The largest absolute Gasteiger partial charge is 0.464 e. The lowest BCUT2D eigenvalue weighted by molar-refractivity contribution is -0.148. The summed E-state index contributed by atoms with van der Waals surface area (Å²) in [5.74, 6) is 0.135. The van der Waals surface area contributed by atoms with E-state index in [9.17, 15) is 9.59 Å². The Kier molecular flexibility index (Phi) is 4.24. The van der Waals surface area contributed by atoms with Crippen molar-refractivity contribution in [3.63, 3.8) is 0 Å². The first-order valence-electron chi connectivity index (χ1n) is 8.25. The molecule has 1 aromatic heterocycles. The first kappa shape index (κ1) is 15.8. The van der Waals surface area contributed by atoms with Gasteiger partial charge in [-0.15, -0.1) is 0 Å². The lowest BCUT2D eigenvalue weighted by Crippen LogP contribution is -2.62. The van der Waals surface area contributed by atoms with Crippen LogP contribution in [0.1, 0.15) is 45.4 Å². The van der Waals surface area contributed by atoms with Crippen molar-refractivity contribution in [1.29, 1.82) is 0 Å². The molecule has 6 nitrogen and oxygen atoms in total. The molecule has 0 spiro atoms. The number of hydrogen-bond donors (Lipinski definition) is 1. The van der Waals surface area contributed by atoms with E-state index in [4.69, 9.17) is 4.74 Å². The molecule has 0 unspecified atom stereocenters. The van der Waals surface area contributed by atoms with Gasteiger partial charge in [0.15, 0.2) is 11.6 Å². The molecule has 124 valence electrons. The molecule has 1 saturated carbocycles. The molecule has 1 N–H and O–H groups in total. The summed E-state index contributed by atoms with van der Waals surface area (Å²) in [4.78, 5) is 31.0. The number of hydrogen-bond acceptors (Lipinski definition) is 4. The number of amides is 2. The van der Waals surface area contributed by atoms with E-state index in [1.807, 2.05) is 0 Å². The third kappa shape index (κ3) is 2.90. The van der Waals surface area contributed by atoms with Crippen molar-refractivity contribution in [2.75, 3.05) is 11.9 Å². The molecule has 1 fully saturated rings. The average Bonchev–Trinajstić information content (AvgIpc) is 2.81. The van der Waals surface area contributed by atoms with Gasteiger partial charge in [0.05, 0.1) is 0 Å². The maximum Gasteiger partial charge on any atom is 0.281 e. The number of nitrogens with one attached hydrogen (secondary N) is 1. The number of pyridine rings is 1. The fraction of sp³-hybridized carbons (Fsp3) is 0.588. The molecule has 1 atom stereocenters. The van der Waals surface area contributed by atoms with Crippen molar-refractivity contribution in [2.45, 2.75) is 57.1 Å². The number of aromatic nitrogens is 1. The van der Waals surface area contributed by atoms with E-state index in [0.29, 0.717) is 11.6 Å². The molecule has 2 heterocycles. The number of likely N-dealkylation sites (N-methyl/N-ethyl adjacent to an activating group) is 1. The number of ether oxygens (including phenoxy) is 1. The molecule has 3 rings (SSSR count). The molecule has 2 aliphatic rings. The van der Waals surface area contributed by atoms with Gasteiger partial charge in [-0.2, -0.15) is 0 Å². The van der Waals surface area contributed by atoms with Crippen molar-refractivity contribution in [2.24, 2.45) is 0 Å². The summed E-state index contributed by atoms with van der Waals surface area (Å²) in [6.45, 7) is 1.54. The Morgan fingerprint density at radius 2 is 2.04 bits per heavy atom. The van der Waals surface area contributed by atoms with Gasteiger partial charge >= 0.3 is 0 Å². The Hall–Kier alpha value is -2.11. The smallest absolute Gasteiger partial charge is 0.281 e. The minimum atomic E-state index is -1.54. The van der Waals surface area contributed by atoms with Crippen LogP contribution in [0, 0.1) is 0 Å². The van der Waals surface area contributed by atoms with Gasteiger partial charge in [0.25, 0.3) is 17.4 Å². The molecule has 1 aliphatic heterocycles. The summed E-state index contributed by atoms with van der Waals surface area (Å²) in [5.41, 5.74) is -1.54. The number of nitrogens with zero attached hydrogens (tertiary/aromatic N) is 2. The number of fused-ring (bicyclic) bond motifs is 1. The second-order valence-electron chi connectivity index (χ2n) is 6.49. The van der Waals surface area contributed by atoms with Crippen LogP contribution in [0.3, 0.4) is 0 Å². The average molecular weight is 317 g/mol. The van der Waals surface area contributed by atoms with E-state index >= 15 is 0 Å². The fourth-order valence-corrected chi connectivity index (χ4v) is 3.28. The van der Waals surface area contributed by atoms with E-state index in [0.717, 1.165) is 25.7 Å². The van der Waals surface area contributed by atoms with Crippen LogP contribution in [-0.2, 0) is 9.59 Å². The van der Waals surface area contributed by atoms with Gasteiger partial charge in [0, 0.05) is 19.3 Å². The normalized spacial score (nSPS) is 25.3. The van der Waals surface area contributed by atoms with Gasteiger partial charge in [0.2, 0.25) is 0 Å². The first-order chi connectivity index (χ1) is 11.0. The number of anilines is 1. The van der Waals surface area contributed by atoms with E-state index in [2.05, 4.69) is 10.3 Å². The molecule has 0 saturated heterocycles. The summed E-state index contributed by atoms with van der Waals surface area (Å²) < 4.78 is 5.77. The Morgan fingerprint density at radius 1 is 1.35 bits per heavy atom. The molecule has 1 aromatic rings. The van der Waals surface area contributed by atoms with E-state index in [1.54, 1.807) is 25.4 Å². The second kappa shape index (κ2) is 6.18. The SMILES string of the molecule is CN1C(=O)[C@@](C)(C(=O)NC2CCCCCC2)Oc2cccnc21. The molecule has 0 aromatic carbocycles. The van der Waals surface area contributed by atoms with Crippen molar-refractivity contribution < 1.29 is 14.3 Å². The lowest BCUT2D eigenvalue weighted by Gasteiger charge is -2.37. The third-order valence-corrected chi connectivity index (χ3v) is 4.72. The van der Waals surface area contributed by atoms with Crippen molar-refractivity contribution in [1.82, 2.24) is 10.3 Å². The zero-order chi connectivity index (χ0) is 16.4. The van der Waals surface area contributed by atoms with Crippen molar-refractivity contribution >= 4 is 17.6 Å². The topological polar surface area (TPSA) is 71.5 Å². The standard InChI is InChI=1S/C17H23N3O3/c1-17(15(21)19-12-8-5-3-4-6-9-12)16(22)20(2)14-13(23-17)10-7-11-18-14/h7,10-12H,3-6,8-9H2,1-2H3,(H,19,21)/t17-/m1/s1. The predicted molar refractivity (Wildman–Crippen MR) is 86.3 cm³/mol. The Labute approximate surface area is 136 Å². The first-order valence-corrected chi connectivity index (χ1v) is 8.25. The lowest BCUT2D eigenvalue weighted by atomic mass is 9.99. The Bertz CT molecular complexity index is 611. The fourth-order valence-electron chi connectivity index (χ4n) is 3.28. The monoisotopic (exact) mass is 317 g/mol. The molecular formula is C17H23N3O3. The third-order valence-electron chi connectivity index (χ3n) is 4.72. The van der Waals surface area contributed by atoms with Crippen LogP contribution >= 0.6 is 0 Å².